The number of aromatic carboxylic acids is 1. The number of ether oxygens (including phenoxy) is 1. The van der Waals surface area contributed by atoms with Gasteiger partial charge in [-0.15, -0.1) is 0 Å². The molecular formula is C37H40N4O4. The van der Waals surface area contributed by atoms with Crippen LogP contribution < -0.4 is 4.74 Å². The van der Waals surface area contributed by atoms with Crippen molar-refractivity contribution < 1.29 is 19.4 Å². The van der Waals surface area contributed by atoms with E-state index in [1.807, 2.05) is 18.2 Å². The lowest BCUT2D eigenvalue weighted by atomic mass is 9.83. The number of carboxylic acids is 1. The molecule has 1 atom stereocenters. The zero-order valence-electron chi connectivity index (χ0n) is 26.0. The number of methoxy groups -OCH3 is 1. The zero-order valence-corrected chi connectivity index (χ0v) is 26.0. The fraction of sp³-hybridized carbons (Fsp3) is 0.405. The Hall–Kier alpha value is -4.46. The number of piperidine rings is 1. The molecule has 0 radical (unpaired) electrons. The quantitative estimate of drug-likeness (QED) is 0.232. The monoisotopic (exact) mass is 604 g/mol. The van der Waals surface area contributed by atoms with E-state index in [-0.39, 0.29) is 11.4 Å². The fourth-order valence-corrected chi connectivity index (χ4v) is 7.52. The minimum absolute atomic E-state index is 0.00280. The van der Waals surface area contributed by atoms with Crippen LogP contribution in [0.4, 0.5) is 0 Å². The van der Waals surface area contributed by atoms with E-state index in [9.17, 15) is 14.7 Å². The smallest absolute Gasteiger partial charge is 0.342 e. The average Bonchev–Trinajstić information content (AvgIpc) is 3.70. The second-order valence-corrected chi connectivity index (χ2v) is 12.7. The Morgan fingerprint density at radius 3 is 2.53 bits per heavy atom. The summed E-state index contributed by atoms with van der Waals surface area (Å²) >= 11 is 0. The molecular weight excluding hydrogens is 564 g/mol. The maximum absolute atomic E-state index is 12.6. The van der Waals surface area contributed by atoms with E-state index in [1.165, 1.54) is 45.8 Å². The lowest BCUT2D eigenvalue weighted by Gasteiger charge is -2.33. The first-order valence-corrected chi connectivity index (χ1v) is 16.3. The first kappa shape index (κ1) is 29.3. The molecule has 4 aromatic rings. The number of carboxylic acid groups (broad SMARTS) is 1. The van der Waals surface area contributed by atoms with Crippen molar-refractivity contribution in [2.75, 3.05) is 20.2 Å². The molecule has 1 amide bonds. The molecule has 8 nitrogen and oxygen atoms in total. The fourth-order valence-electron chi connectivity index (χ4n) is 7.52. The number of amides is 1. The number of aromatic nitrogens is 3. The lowest BCUT2D eigenvalue weighted by molar-refractivity contribution is -0.133. The van der Waals surface area contributed by atoms with E-state index < -0.39 is 5.97 Å². The minimum atomic E-state index is -1.09. The molecule has 1 N–H and O–H groups in total. The van der Waals surface area contributed by atoms with Gasteiger partial charge in [0.05, 0.1) is 19.0 Å². The summed E-state index contributed by atoms with van der Waals surface area (Å²) in [4.78, 5) is 31.3. The standard InChI is InChI=1S/C37H40N4O4/c1-3-24-20-23(10-15-29(24)25-16-18-40(19-17-25)35(42)27-12-13-27)21-28-14-11-26-6-4-7-30(34(26)28)32-8-5-9-33(39-32)41-36(45-2)31(22-38-41)37(43)44/h4-10,15,20,22,25,27-28H,3,11-14,16-19,21H2,1-2H3,(H,43,44)/t28-/m1/s1. The number of pyridine rings is 1. The van der Waals surface area contributed by atoms with Crippen LogP contribution in [0.25, 0.3) is 17.1 Å². The molecule has 45 heavy (non-hydrogen) atoms. The summed E-state index contributed by atoms with van der Waals surface area (Å²) in [5, 5.41) is 13.8. The maximum atomic E-state index is 12.6. The van der Waals surface area contributed by atoms with E-state index in [2.05, 4.69) is 53.3 Å². The van der Waals surface area contributed by atoms with Crippen molar-refractivity contribution in [3.05, 3.63) is 94.2 Å². The van der Waals surface area contributed by atoms with Gasteiger partial charge in [-0.3, -0.25) is 4.79 Å². The van der Waals surface area contributed by atoms with Crippen molar-refractivity contribution >= 4 is 11.9 Å². The number of nitrogens with zero attached hydrogens (tertiary/aromatic N) is 4. The highest BCUT2D eigenvalue weighted by Crippen LogP contribution is 2.42. The Kier molecular flexibility index (Phi) is 7.90. The van der Waals surface area contributed by atoms with Gasteiger partial charge >= 0.3 is 5.97 Å². The van der Waals surface area contributed by atoms with Crippen molar-refractivity contribution in [3.63, 3.8) is 0 Å². The van der Waals surface area contributed by atoms with Crippen molar-refractivity contribution in [1.82, 2.24) is 19.7 Å². The Balaban J connectivity index is 1.12. The van der Waals surface area contributed by atoms with Crippen LogP contribution in [0.1, 0.15) is 89.0 Å². The Morgan fingerprint density at radius 2 is 1.80 bits per heavy atom. The summed E-state index contributed by atoms with van der Waals surface area (Å²) in [6.45, 7) is 4.02. The first-order valence-electron chi connectivity index (χ1n) is 16.3. The van der Waals surface area contributed by atoms with Crippen LogP contribution in [0.5, 0.6) is 5.88 Å². The number of fused-ring (bicyclic) bond motifs is 1. The molecule has 1 saturated heterocycles. The van der Waals surface area contributed by atoms with Gasteiger partial charge in [-0.1, -0.05) is 49.4 Å². The van der Waals surface area contributed by atoms with Crippen LogP contribution >= 0.6 is 0 Å². The molecule has 2 fully saturated rings. The molecule has 7 rings (SSSR count). The molecule has 3 heterocycles. The number of benzene rings is 2. The second-order valence-electron chi connectivity index (χ2n) is 12.7. The molecule has 2 aromatic heterocycles. The average molecular weight is 605 g/mol. The summed E-state index contributed by atoms with van der Waals surface area (Å²) in [6.07, 6.45) is 9.67. The molecule has 1 aliphatic heterocycles. The van der Waals surface area contributed by atoms with Crippen molar-refractivity contribution in [1.29, 1.82) is 0 Å². The predicted octanol–water partition coefficient (Wildman–Crippen LogP) is 6.59. The van der Waals surface area contributed by atoms with Crippen LogP contribution in [0.2, 0.25) is 0 Å². The van der Waals surface area contributed by atoms with E-state index in [0.29, 0.717) is 29.5 Å². The van der Waals surface area contributed by atoms with Crippen molar-refractivity contribution in [2.45, 2.75) is 70.1 Å². The van der Waals surface area contributed by atoms with Crippen molar-refractivity contribution in [2.24, 2.45) is 5.92 Å². The third-order valence-corrected chi connectivity index (χ3v) is 9.99. The molecule has 3 aliphatic rings. The molecule has 2 aromatic carbocycles. The van der Waals surface area contributed by atoms with E-state index in [1.54, 1.807) is 0 Å². The van der Waals surface area contributed by atoms with Crippen LogP contribution in [-0.4, -0.2) is 56.8 Å². The summed E-state index contributed by atoms with van der Waals surface area (Å²) in [7, 11) is 1.44. The van der Waals surface area contributed by atoms with E-state index >= 15 is 0 Å². The van der Waals surface area contributed by atoms with Gasteiger partial charge in [0.15, 0.2) is 5.82 Å². The Morgan fingerprint density at radius 1 is 1.00 bits per heavy atom. The number of carbonyl (C=O) groups is 2. The number of hydrogen-bond donors (Lipinski definition) is 1. The molecule has 8 heteroatoms. The third-order valence-electron chi connectivity index (χ3n) is 9.99. The van der Waals surface area contributed by atoms with E-state index in [4.69, 9.17) is 9.72 Å². The minimum Gasteiger partial charge on any atom is -0.480 e. The maximum Gasteiger partial charge on any atom is 0.342 e. The lowest BCUT2D eigenvalue weighted by Crippen LogP contribution is -2.38. The molecule has 0 bridgehead atoms. The number of rotatable bonds is 9. The second kappa shape index (κ2) is 12.1. The Labute approximate surface area is 264 Å². The highest BCUT2D eigenvalue weighted by atomic mass is 16.5. The van der Waals surface area contributed by atoms with Gasteiger partial charge in [-0.2, -0.15) is 9.78 Å². The molecule has 1 saturated carbocycles. The van der Waals surface area contributed by atoms with Gasteiger partial charge in [0.2, 0.25) is 11.8 Å². The predicted molar refractivity (Wildman–Crippen MR) is 172 cm³/mol. The van der Waals surface area contributed by atoms with Gasteiger partial charge in [0.1, 0.15) is 5.56 Å². The largest absolute Gasteiger partial charge is 0.480 e. The number of carbonyl (C=O) groups excluding carboxylic acids is 1. The van der Waals surface area contributed by atoms with Crippen molar-refractivity contribution in [3.8, 4) is 23.0 Å². The Bertz CT molecular complexity index is 1750. The SMILES string of the molecule is CCc1cc(C[C@H]2CCc3cccc(-c4cccc(-n5ncc(C(=O)O)c5OC)n4)c32)ccc1C1CCN(C(=O)C2CC2)CC1. The number of aryl methyl sites for hydroxylation is 2. The van der Waals surface area contributed by atoms with Gasteiger partial charge in [0, 0.05) is 24.6 Å². The highest BCUT2D eigenvalue weighted by Gasteiger charge is 2.35. The zero-order chi connectivity index (χ0) is 31.1. The van der Waals surface area contributed by atoms with Crippen LogP contribution in [0, 0.1) is 5.92 Å². The summed E-state index contributed by atoms with van der Waals surface area (Å²) in [5.74, 6) is 1.15. The summed E-state index contributed by atoms with van der Waals surface area (Å²) in [5.41, 5.74) is 8.95. The molecule has 232 valence electrons. The topological polar surface area (TPSA) is 97.6 Å². The molecule has 2 aliphatic carbocycles. The normalized spacial score (nSPS) is 18.2. The van der Waals surface area contributed by atoms with Gasteiger partial charge in [0.25, 0.3) is 0 Å². The third kappa shape index (κ3) is 5.62. The van der Waals surface area contributed by atoms with Crippen LogP contribution in [-0.2, 0) is 24.1 Å². The van der Waals surface area contributed by atoms with Crippen LogP contribution in [0.3, 0.4) is 0 Å². The summed E-state index contributed by atoms with van der Waals surface area (Å²) < 4.78 is 6.83. The van der Waals surface area contributed by atoms with E-state index in [0.717, 1.165) is 75.7 Å². The number of hydrogen-bond acceptors (Lipinski definition) is 5. The van der Waals surface area contributed by atoms with Gasteiger partial charge in [-0.25, -0.2) is 9.78 Å². The number of likely N-dealkylation sites (tertiary alicyclic amines) is 1. The first-order chi connectivity index (χ1) is 21.9. The van der Waals surface area contributed by atoms with Gasteiger partial charge in [-0.05, 0) is 103 Å². The summed E-state index contributed by atoms with van der Waals surface area (Å²) in [6, 6.07) is 19.4. The molecule has 0 spiro atoms. The van der Waals surface area contributed by atoms with Crippen LogP contribution in [0.15, 0.2) is 60.8 Å². The molecule has 0 unspecified atom stereocenters. The van der Waals surface area contributed by atoms with Gasteiger partial charge < -0.3 is 14.7 Å². The highest BCUT2D eigenvalue weighted by molar-refractivity contribution is 5.90.